The van der Waals surface area contributed by atoms with Gasteiger partial charge in [-0.2, -0.15) is 8.78 Å². The number of hydrogen-bond donors (Lipinski definition) is 2. The molecule has 0 spiro atoms. The molecule has 0 aliphatic carbocycles. The molecule has 2 aromatic rings. The van der Waals surface area contributed by atoms with Crippen LogP contribution in [0.15, 0.2) is 22.5 Å². The first-order chi connectivity index (χ1) is 14.3. The van der Waals surface area contributed by atoms with E-state index >= 15 is 0 Å². The Morgan fingerprint density at radius 2 is 1.97 bits per heavy atom. The Kier molecular flexibility index (Phi) is 9.10. The smallest absolute Gasteiger partial charge is 0.387 e. The quantitative estimate of drug-likeness (QED) is 0.295. The van der Waals surface area contributed by atoms with Gasteiger partial charge in [-0.05, 0) is 6.07 Å². The maximum Gasteiger partial charge on any atom is 0.387 e. The lowest BCUT2D eigenvalue weighted by Gasteiger charge is -2.15. The summed E-state index contributed by atoms with van der Waals surface area (Å²) in [6.45, 7) is 4.39. The second kappa shape index (κ2) is 11.1. The monoisotopic (exact) mass is 568 g/mol. The summed E-state index contributed by atoms with van der Waals surface area (Å²) in [7, 11) is 1.65. The molecule has 0 atom stereocenters. The van der Waals surface area contributed by atoms with E-state index in [1.807, 2.05) is 0 Å². The van der Waals surface area contributed by atoms with Gasteiger partial charge in [-0.3, -0.25) is 4.99 Å². The maximum absolute atomic E-state index is 12.8. The Labute approximate surface area is 201 Å². The van der Waals surface area contributed by atoms with Crippen LogP contribution in [0.3, 0.4) is 0 Å². The van der Waals surface area contributed by atoms with Gasteiger partial charge in [-0.15, -0.1) is 35.3 Å². The third-order valence-corrected chi connectivity index (χ3v) is 5.30. The Balaban J connectivity index is 0.00000341. The van der Waals surface area contributed by atoms with Crippen molar-refractivity contribution in [2.45, 2.75) is 45.8 Å². The molecule has 1 aliphatic rings. The number of alkyl halides is 2. The van der Waals surface area contributed by atoms with E-state index in [0.717, 1.165) is 17.1 Å². The lowest BCUT2D eigenvalue weighted by atomic mass is 9.93. The Bertz CT molecular complexity index is 903. The Morgan fingerprint density at radius 3 is 2.58 bits per heavy atom. The van der Waals surface area contributed by atoms with E-state index in [0.29, 0.717) is 29.6 Å². The van der Waals surface area contributed by atoms with Gasteiger partial charge in [0.1, 0.15) is 5.75 Å². The third kappa shape index (κ3) is 7.06. The number of halogens is 3. The average Bonchev–Trinajstić information content (AvgIpc) is 3.32. The highest BCUT2D eigenvalue weighted by Gasteiger charge is 2.20. The molecule has 0 bridgehead atoms. The summed E-state index contributed by atoms with van der Waals surface area (Å²) in [4.78, 5) is 8.85. The first-order valence-corrected chi connectivity index (χ1v) is 10.4. The van der Waals surface area contributed by atoms with Gasteiger partial charge in [0.2, 0.25) is 6.79 Å². The molecule has 0 saturated heterocycles. The molecule has 0 unspecified atom stereocenters. The largest absolute Gasteiger partial charge is 0.454 e. The molecule has 0 saturated carbocycles. The summed E-state index contributed by atoms with van der Waals surface area (Å²) >= 11 is 1.64. The van der Waals surface area contributed by atoms with Crippen molar-refractivity contribution in [2.75, 3.05) is 20.4 Å². The number of benzene rings is 1. The van der Waals surface area contributed by atoms with Crippen molar-refractivity contribution in [3.63, 3.8) is 0 Å². The molecule has 1 aromatic carbocycles. The van der Waals surface area contributed by atoms with Gasteiger partial charge >= 0.3 is 6.61 Å². The number of hydrogen-bond acceptors (Lipinski definition) is 6. The molecule has 2 N–H and O–H groups in total. The Morgan fingerprint density at radius 1 is 1.26 bits per heavy atom. The van der Waals surface area contributed by atoms with Crippen molar-refractivity contribution in [2.24, 2.45) is 4.99 Å². The second-order valence-electron chi connectivity index (χ2n) is 7.67. The van der Waals surface area contributed by atoms with Crippen LogP contribution in [0.4, 0.5) is 8.78 Å². The molecule has 0 amide bonds. The van der Waals surface area contributed by atoms with Crippen LogP contribution >= 0.6 is 35.3 Å². The van der Waals surface area contributed by atoms with Gasteiger partial charge in [0.05, 0.1) is 10.7 Å². The summed E-state index contributed by atoms with van der Waals surface area (Å²) in [6, 6.07) is 3.04. The zero-order chi connectivity index (χ0) is 21.7. The average molecular weight is 568 g/mol. The normalized spacial score (nSPS) is 13.2. The van der Waals surface area contributed by atoms with Crippen LogP contribution < -0.4 is 24.8 Å². The van der Waals surface area contributed by atoms with Gasteiger partial charge in [0, 0.05) is 49.0 Å². The highest BCUT2D eigenvalue weighted by atomic mass is 127. The predicted molar refractivity (Wildman–Crippen MR) is 127 cm³/mol. The first kappa shape index (κ1) is 25.4. The number of nitrogens with one attached hydrogen (secondary N) is 2. The van der Waals surface area contributed by atoms with Gasteiger partial charge in [-0.25, -0.2) is 4.98 Å². The van der Waals surface area contributed by atoms with Crippen molar-refractivity contribution < 1.29 is 23.0 Å². The van der Waals surface area contributed by atoms with Gasteiger partial charge in [0.15, 0.2) is 17.5 Å². The van der Waals surface area contributed by atoms with E-state index in [9.17, 15) is 8.78 Å². The van der Waals surface area contributed by atoms with Crippen LogP contribution in [0.2, 0.25) is 0 Å². The van der Waals surface area contributed by atoms with Crippen LogP contribution in [-0.4, -0.2) is 37.9 Å². The molecule has 3 rings (SSSR count). The molecule has 31 heavy (non-hydrogen) atoms. The van der Waals surface area contributed by atoms with Crippen molar-refractivity contribution >= 4 is 41.3 Å². The van der Waals surface area contributed by atoms with E-state index in [1.54, 1.807) is 24.5 Å². The molecule has 172 valence electrons. The molecule has 0 radical (unpaired) electrons. The standard InChI is InChI=1S/C20H26F2N4O3S.HI/c1-20(2,3)16-10-30-17(26-16)5-6-24-19(23-4)25-9-12-7-14-15(28-11-27-14)8-13(12)29-18(21)22;/h7-8,10,18H,5-6,9,11H2,1-4H3,(H2,23,24,25);1H. The molecule has 1 aliphatic heterocycles. The fraction of sp³-hybridized carbons (Fsp3) is 0.500. The predicted octanol–water partition coefficient (Wildman–Crippen LogP) is 4.30. The van der Waals surface area contributed by atoms with E-state index in [4.69, 9.17) is 9.47 Å². The SMILES string of the molecule is CN=C(NCCc1nc(C(C)(C)C)cs1)NCc1cc2c(cc1OC(F)F)OCO2.I. The van der Waals surface area contributed by atoms with E-state index in [2.05, 4.69) is 51.5 Å². The van der Waals surface area contributed by atoms with Crippen molar-refractivity contribution in [1.82, 2.24) is 15.6 Å². The molecule has 7 nitrogen and oxygen atoms in total. The minimum absolute atomic E-state index is 0. The topological polar surface area (TPSA) is 77.0 Å². The maximum atomic E-state index is 12.8. The zero-order valence-electron chi connectivity index (χ0n) is 17.8. The van der Waals surface area contributed by atoms with Crippen LogP contribution in [0, 0.1) is 0 Å². The summed E-state index contributed by atoms with van der Waals surface area (Å²) in [5, 5.41) is 9.45. The number of fused-ring (bicyclic) bond motifs is 1. The highest BCUT2D eigenvalue weighted by molar-refractivity contribution is 14.0. The number of guanidine groups is 1. The summed E-state index contributed by atoms with van der Waals surface area (Å²) in [5.41, 5.74) is 1.62. The van der Waals surface area contributed by atoms with E-state index in [1.165, 1.54) is 6.07 Å². The van der Waals surface area contributed by atoms with E-state index in [-0.39, 0.29) is 48.5 Å². The third-order valence-electron chi connectivity index (χ3n) is 4.39. The highest BCUT2D eigenvalue weighted by Crippen LogP contribution is 2.38. The molecule has 2 heterocycles. The number of aromatic nitrogens is 1. The molecular formula is C20H27F2IN4O3S. The fourth-order valence-electron chi connectivity index (χ4n) is 2.77. The summed E-state index contributed by atoms with van der Waals surface area (Å²) in [6.07, 6.45) is 0.755. The second-order valence-corrected chi connectivity index (χ2v) is 8.61. The number of nitrogens with zero attached hydrogens (tertiary/aromatic N) is 2. The lowest BCUT2D eigenvalue weighted by Crippen LogP contribution is -2.38. The van der Waals surface area contributed by atoms with Crippen LogP contribution in [0.5, 0.6) is 17.2 Å². The van der Waals surface area contributed by atoms with Gasteiger partial charge in [0.25, 0.3) is 0 Å². The molecule has 0 fully saturated rings. The zero-order valence-corrected chi connectivity index (χ0v) is 21.0. The molecule has 11 heteroatoms. The van der Waals surface area contributed by atoms with Crippen LogP contribution in [0.25, 0.3) is 0 Å². The van der Waals surface area contributed by atoms with E-state index < -0.39 is 6.61 Å². The fourth-order valence-corrected chi connectivity index (χ4v) is 3.79. The number of rotatable bonds is 7. The van der Waals surface area contributed by atoms with Crippen LogP contribution in [0.1, 0.15) is 37.0 Å². The molecule has 1 aromatic heterocycles. The lowest BCUT2D eigenvalue weighted by molar-refractivity contribution is -0.0505. The van der Waals surface area contributed by atoms with Crippen molar-refractivity contribution in [3.05, 3.63) is 33.8 Å². The summed E-state index contributed by atoms with van der Waals surface area (Å²) < 4.78 is 40.7. The van der Waals surface area contributed by atoms with Crippen LogP contribution in [-0.2, 0) is 18.4 Å². The first-order valence-electron chi connectivity index (χ1n) is 9.53. The molecular weight excluding hydrogens is 541 g/mol. The van der Waals surface area contributed by atoms with Crippen molar-refractivity contribution in [3.8, 4) is 17.2 Å². The summed E-state index contributed by atoms with van der Waals surface area (Å²) in [5.74, 6) is 1.46. The Hall–Kier alpha value is -1.89. The van der Waals surface area contributed by atoms with Gasteiger partial charge < -0.3 is 24.8 Å². The van der Waals surface area contributed by atoms with Gasteiger partial charge in [-0.1, -0.05) is 20.8 Å². The minimum atomic E-state index is -2.93. The number of ether oxygens (including phenoxy) is 3. The van der Waals surface area contributed by atoms with Crippen molar-refractivity contribution in [1.29, 1.82) is 0 Å². The number of thiazole rings is 1. The minimum Gasteiger partial charge on any atom is -0.454 e. The number of aliphatic imine (C=N–C) groups is 1.